The summed E-state index contributed by atoms with van der Waals surface area (Å²) in [6.45, 7) is 2.67. The summed E-state index contributed by atoms with van der Waals surface area (Å²) in [5.74, 6) is 0.474. The molecule has 1 atom stereocenters. The van der Waals surface area contributed by atoms with E-state index in [0.29, 0.717) is 24.5 Å². The number of amides is 2. The van der Waals surface area contributed by atoms with Crippen LogP contribution in [0.2, 0.25) is 0 Å². The summed E-state index contributed by atoms with van der Waals surface area (Å²) < 4.78 is 5.42. The van der Waals surface area contributed by atoms with Crippen LogP contribution in [0.5, 0.6) is 5.75 Å². The van der Waals surface area contributed by atoms with Crippen LogP contribution in [0.25, 0.3) is 0 Å². The number of ether oxygens (including phenoxy) is 1. The summed E-state index contributed by atoms with van der Waals surface area (Å²) in [6, 6.07) is 6.96. The Morgan fingerprint density at radius 1 is 1.40 bits per heavy atom. The number of hydrogen-bond acceptors (Lipinski definition) is 4. The largest absolute Gasteiger partial charge is 0.484 e. The van der Waals surface area contributed by atoms with Crippen LogP contribution in [0.3, 0.4) is 0 Å². The Bertz CT molecular complexity index is 487. The second kappa shape index (κ2) is 6.27. The van der Waals surface area contributed by atoms with Crippen molar-refractivity contribution in [3.63, 3.8) is 0 Å². The minimum Gasteiger partial charge on any atom is -0.484 e. The van der Waals surface area contributed by atoms with Crippen molar-refractivity contribution in [2.45, 2.75) is 19.4 Å². The summed E-state index contributed by atoms with van der Waals surface area (Å²) in [6.07, 6.45) is 0.785. The van der Waals surface area contributed by atoms with Gasteiger partial charge in [-0.2, -0.15) is 0 Å². The zero-order valence-corrected chi connectivity index (χ0v) is 11.5. The Balaban J connectivity index is 1.78. The molecule has 1 aromatic rings. The van der Waals surface area contributed by atoms with Crippen molar-refractivity contribution in [2.75, 3.05) is 25.4 Å². The number of rotatable bonds is 4. The first kappa shape index (κ1) is 14.2. The number of nitrogens with two attached hydrogens (primary N) is 1. The van der Waals surface area contributed by atoms with Gasteiger partial charge >= 0.3 is 0 Å². The standard InChI is InChI=1S/C14H19N3O3/c1-10(18)16-12-6-7-17(8-12)14(19)9-20-13-4-2-11(15)3-5-13/h2-5,12H,6-9,15H2,1H3,(H,16,18). The minimum atomic E-state index is -0.0744. The summed E-state index contributed by atoms with van der Waals surface area (Å²) >= 11 is 0. The highest BCUT2D eigenvalue weighted by Gasteiger charge is 2.26. The van der Waals surface area contributed by atoms with Gasteiger partial charge in [-0.15, -0.1) is 0 Å². The van der Waals surface area contributed by atoms with E-state index in [1.165, 1.54) is 6.92 Å². The van der Waals surface area contributed by atoms with Gasteiger partial charge in [0.1, 0.15) is 5.75 Å². The van der Waals surface area contributed by atoms with Crippen molar-refractivity contribution >= 4 is 17.5 Å². The van der Waals surface area contributed by atoms with Crippen molar-refractivity contribution < 1.29 is 14.3 Å². The highest BCUT2D eigenvalue weighted by Crippen LogP contribution is 2.14. The maximum atomic E-state index is 12.0. The second-order valence-electron chi connectivity index (χ2n) is 4.88. The van der Waals surface area contributed by atoms with Crippen molar-refractivity contribution in [2.24, 2.45) is 0 Å². The molecule has 108 valence electrons. The van der Waals surface area contributed by atoms with Gasteiger partial charge in [0.25, 0.3) is 5.91 Å². The zero-order valence-electron chi connectivity index (χ0n) is 11.5. The molecular weight excluding hydrogens is 258 g/mol. The summed E-state index contributed by atoms with van der Waals surface area (Å²) in [4.78, 5) is 24.7. The van der Waals surface area contributed by atoms with Gasteiger partial charge in [0.05, 0.1) is 0 Å². The molecule has 2 rings (SSSR count). The van der Waals surface area contributed by atoms with E-state index in [1.807, 2.05) is 0 Å². The Hall–Kier alpha value is -2.24. The van der Waals surface area contributed by atoms with Crippen LogP contribution in [0.1, 0.15) is 13.3 Å². The molecule has 1 saturated heterocycles. The summed E-state index contributed by atoms with van der Waals surface area (Å²) in [5.41, 5.74) is 6.23. The minimum absolute atomic E-state index is 0.00326. The van der Waals surface area contributed by atoms with Crippen molar-refractivity contribution in [3.05, 3.63) is 24.3 Å². The Morgan fingerprint density at radius 3 is 2.75 bits per heavy atom. The number of nitrogens with one attached hydrogen (secondary N) is 1. The third kappa shape index (κ3) is 3.88. The maximum Gasteiger partial charge on any atom is 0.260 e. The lowest BCUT2D eigenvalue weighted by atomic mass is 10.3. The number of carbonyl (C=O) groups is 2. The van der Waals surface area contributed by atoms with E-state index in [4.69, 9.17) is 10.5 Å². The third-order valence-electron chi connectivity index (χ3n) is 3.19. The molecule has 1 fully saturated rings. The SMILES string of the molecule is CC(=O)NC1CCN(C(=O)COc2ccc(N)cc2)C1. The molecule has 1 heterocycles. The molecule has 6 heteroatoms. The highest BCUT2D eigenvalue weighted by molar-refractivity contribution is 5.78. The molecule has 0 radical (unpaired) electrons. The Morgan fingerprint density at radius 2 is 2.10 bits per heavy atom. The Labute approximate surface area is 117 Å². The third-order valence-corrected chi connectivity index (χ3v) is 3.19. The van der Waals surface area contributed by atoms with E-state index in [0.717, 1.165) is 6.42 Å². The second-order valence-corrected chi connectivity index (χ2v) is 4.88. The van der Waals surface area contributed by atoms with E-state index in [-0.39, 0.29) is 24.5 Å². The number of hydrogen-bond donors (Lipinski definition) is 2. The normalized spacial score (nSPS) is 17.9. The molecule has 0 bridgehead atoms. The van der Waals surface area contributed by atoms with E-state index in [9.17, 15) is 9.59 Å². The number of nitrogens with zero attached hydrogens (tertiary/aromatic N) is 1. The van der Waals surface area contributed by atoms with Crippen LogP contribution in [0, 0.1) is 0 Å². The van der Waals surface area contributed by atoms with Crippen LogP contribution >= 0.6 is 0 Å². The molecule has 6 nitrogen and oxygen atoms in total. The molecular formula is C14H19N3O3. The fourth-order valence-corrected chi connectivity index (χ4v) is 2.19. The van der Waals surface area contributed by atoms with Gasteiger partial charge in [-0.25, -0.2) is 0 Å². The lowest BCUT2D eigenvalue weighted by Crippen LogP contribution is -2.38. The first-order valence-electron chi connectivity index (χ1n) is 6.58. The number of anilines is 1. The van der Waals surface area contributed by atoms with Gasteiger partial charge in [0.2, 0.25) is 5.91 Å². The highest BCUT2D eigenvalue weighted by atomic mass is 16.5. The molecule has 0 aromatic heterocycles. The molecule has 1 unspecified atom stereocenters. The topological polar surface area (TPSA) is 84.7 Å². The van der Waals surface area contributed by atoms with Gasteiger partial charge in [-0.05, 0) is 30.7 Å². The molecule has 1 aliphatic heterocycles. The van der Waals surface area contributed by atoms with E-state index < -0.39 is 0 Å². The van der Waals surface area contributed by atoms with Crippen LogP contribution in [0.4, 0.5) is 5.69 Å². The average molecular weight is 277 g/mol. The quantitative estimate of drug-likeness (QED) is 0.779. The maximum absolute atomic E-state index is 12.0. The fraction of sp³-hybridized carbons (Fsp3) is 0.429. The van der Waals surface area contributed by atoms with Gasteiger partial charge < -0.3 is 20.7 Å². The van der Waals surface area contributed by atoms with Gasteiger partial charge in [0.15, 0.2) is 6.61 Å². The molecule has 0 saturated carbocycles. The average Bonchev–Trinajstić information content (AvgIpc) is 2.85. The predicted octanol–water partition coefficient (Wildman–Crippen LogP) is 0.385. The van der Waals surface area contributed by atoms with Gasteiger partial charge in [0, 0.05) is 31.7 Å². The first-order chi connectivity index (χ1) is 9.54. The molecule has 1 aliphatic rings. The number of nitrogen functional groups attached to an aromatic ring is 1. The molecule has 0 aliphatic carbocycles. The molecule has 3 N–H and O–H groups in total. The van der Waals surface area contributed by atoms with Crippen molar-refractivity contribution in [3.8, 4) is 5.75 Å². The van der Waals surface area contributed by atoms with Crippen LogP contribution in [0.15, 0.2) is 24.3 Å². The smallest absolute Gasteiger partial charge is 0.260 e. The molecule has 1 aromatic carbocycles. The lowest BCUT2D eigenvalue weighted by molar-refractivity contribution is -0.132. The number of carbonyl (C=O) groups excluding carboxylic acids is 2. The fourth-order valence-electron chi connectivity index (χ4n) is 2.19. The van der Waals surface area contributed by atoms with Crippen LogP contribution in [-0.4, -0.2) is 42.5 Å². The first-order valence-corrected chi connectivity index (χ1v) is 6.58. The summed E-state index contributed by atoms with van der Waals surface area (Å²) in [7, 11) is 0. The molecule has 20 heavy (non-hydrogen) atoms. The molecule has 0 spiro atoms. The van der Waals surface area contributed by atoms with Crippen molar-refractivity contribution in [1.29, 1.82) is 0 Å². The van der Waals surface area contributed by atoms with E-state index in [1.54, 1.807) is 29.2 Å². The van der Waals surface area contributed by atoms with Crippen LogP contribution < -0.4 is 15.8 Å². The predicted molar refractivity (Wildman–Crippen MR) is 75.2 cm³/mol. The molecule has 2 amide bonds. The zero-order chi connectivity index (χ0) is 14.5. The van der Waals surface area contributed by atoms with E-state index in [2.05, 4.69) is 5.32 Å². The summed E-state index contributed by atoms with van der Waals surface area (Å²) in [5, 5.41) is 2.82. The monoisotopic (exact) mass is 277 g/mol. The lowest BCUT2D eigenvalue weighted by Gasteiger charge is -2.17. The van der Waals surface area contributed by atoms with Gasteiger partial charge in [-0.3, -0.25) is 9.59 Å². The van der Waals surface area contributed by atoms with Crippen LogP contribution in [-0.2, 0) is 9.59 Å². The number of benzene rings is 1. The van der Waals surface area contributed by atoms with E-state index >= 15 is 0 Å². The van der Waals surface area contributed by atoms with Crippen molar-refractivity contribution in [1.82, 2.24) is 10.2 Å². The Kier molecular flexibility index (Phi) is 4.45. The van der Waals surface area contributed by atoms with Gasteiger partial charge in [-0.1, -0.05) is 0 Å². The number of likely N-dealkylation sites (tertiary alicyclic amines) is 1.